The van der Waals surface area contributed by atoms with E-state index in [1.165, 1.54) is 0 Å². The van der Waals surface area contributed by atoms with Gasteiger partial charge in [-0.05, 0) is 30.3 Å². The molecule has 5 rings (SSSR count). The van der Waals surface area contributed by atoms with Gasteiger partial charge in [0.15, 0.2) is 11.5 Å². The molecule has 0 bridgehead atoms. The maximum atomic E-state index is 12.8. The molecule has 0 atom stereocenters. The van der Waals surface area contributed by atoms with Crippen molar-refractivity contribution >= 4 is 22.5 Å². The Bertz CT molecular complexity index is 1320. The van der Waals surface area contributed by atoms with Crippen LogP contribution in [0.4, 0.5) is 0 Å². The summed E-state index contributed by atoms with van der Waals surface area (Å²) in [6, 6.07) is 10.0. The van der Waals surface area contributed by atoms with Gasteiger partial charge in [-0.2, -0.15) is 4.98 Å². The second kappa shape index (κ2) is 6.24. The fourth-order valence-electron chi connectivity index (χ4n) is 2.96. The molecule has 1 N–H and O–H groups in total. The van der Waals surface area contributed by atoms with Crippen LogP contribution in [0.3, 0.4) is 0 Å². The third-order valence-electron chi connectivity index (χ3n) is 4.34. The van der Waals surface area contributed by atoms with Crippen molar-refractivity contribution < 1.29 is 14.0 Å². The Morgan fingerprint density at radius 3 is 2.64 bits per heavy atom. The molecule has 0 saturated carbocycles. The third-order valence-corrected chi connectivity index (χ3v) is 4.59. The van der Waals surface area contributed by atoms with Crippen molar-refractivity contribution in [1.29, 1.82) is 0 Å². The lowest BCUT2D eigenvalue weighted by molar-refractivity contribution is 0.174. The van der Waals surface area contributed by atoms with Gasteiger partial charge in [0.1, 0.15) is 6.54 Å². The first-order valence-corrected chi connectivity index (χ1v) is 8.61. The molecule has 0 saturated heterocycles. The van der Waals surface area contributed by atoms with Crippen LogP contribution in [0.1, 0.15) is 5.89 Å². The number of aromatic amines is 1. The van der Waals surface area contributed by atoms with E-state index in [1.807, 2.05) is 0 Å². The fraction of sp³-hybridized carbons (Fsp3) is 0.111. The Balaban J connectivity index is 1.53. The minimum atomic E-state index is -0.595. The van der Waals surface area contributed by atoms with Gasteiger partial charge in [-0.25, -0.2) is 4.79 Å². The minimum Gasteiger partial charge on any atom is -0.454 e. The van der Waals surface area contributed by atoms with E-state index in [1.54, 1.807) is 36.4 Å². The molecule has 9 nitrogen and oxygen atoms in total. The van der Waals surface area contributed by atoms with E-state index in [0.29, 0.717) is 38.8 Å². The summed E-state index contributed by atoms with van der Waals surface area (Å²) in [5.74, 6) is 1.38. The Kier molecular flexibility index (Phi) is 3.69. The SMILES string of the molecule is O=c1[nH]c2cc3c(cc2c(=O)n1Cc1nc(-c2ccc(Cl)cc2)no1)OCO3. The smallest absolute Gasteiger partial charge is 0.329 e. The second-order valence-corrected chi connectivity index (χ2v) is 6.53. The van der Waals surface area contributed by atoms with E-state index in [2.05, 4.69) is 15.1 Å². The number of fused-ring (bicyclic) bond motifs is 2. The van der Waals surface area contributed by atoms with Crippen molar-refractivity contribution in [2.75, 3.05) is 6.79 Å². The first-order chi connectivity index (χ1) is 13.6. The molecule has 0 amide bonds. The van der Waals surface area contributed by atoms with Crippen molar-refractivity contribution in [3.8, 4) is 22.9 Å². The van der Waals surface area contributed by atoms with E-state index in [0.717, 1.165) is 4.57 Å². The number of rotatable bonds is 3. The Morgan fingerprint density at radius 1 is 1.11 bits per heavy atom. The summed E-state index contributed by atoms with van der Waals surface area (Å²) in [6.07, 6.45) is 0. The molecule has 0 spiro atoms. The average Bonchev–Trinajstić information content (AvgIpc) is 3.33. The number of hydrogen-bond donors (Lipinski definition) is 1. The number of nitrogens with zero attached hydrogens (tertiary/aromatic N) is 3. The Labute approximate surface area is 161 Å². The largest absolute Gasteiger partial charge is 0.454 e. The molecule has 0 radical (unpaired) electrons. The number of nitrogens with one attached hydrogen (secondary N) is 1. The Morgan fingerprint density at radius 2 is 1.86 bits per heavy atom. The molecular weight excluding hydrogens is 388 g/mol. The number of halogens is 1. The Hall–Kier alpha value is -3.59. The number of benzene rings is 2. The zero-order valence-corrected chi connectivity index (χ0v) is 14.9. The van der Waals surface area contributed by atoms with Gasteiger partial charge >= 0.3 is 5.69 Å². The third kappa shape index (κ3) is 2.72. The maximum Gasteiger partial charge on any atom is 0.329 e. The maximum absolute atomic E-state index is 12.8. The molecule has 1 aliphatic rings. The van der Waals surface area contributed by atoms with E-state index >= 15 is 0 Å². The quantitative estimate of drug-likeness (QED) is 0.562. The summed E-state index contributed by atoms with van der Waals surface area (Å²) in [5, 5.41) is 4.77. The van der Waals surface area contributed by atoms with Crippen molar-refractivity contribution in [3.05, 3.63) is 68.1 Å². The molecule has 2 aromatic heterocycles. The van der Waals surface area contributed by atoms with Gasteiger partial charge in [0.25, 0.3) is 5.56 Å². The van der Waals surface area contributed by atoms with Crippen LogP contribution < -0.4 is 20.7 Å². The summed E-state index contributed by atoms with van der Waals surface area (Å²) < 4.78 is 16.8. The van der Waals surface area contributed by atoms with Gasteiger partial charge in [0.2, 0.25) is 18.5 Å². The van der Waals surface area contributed by atoms with Gasteiger partial charge in [-0.1, -0.05) is 16.8 Å². The van der Waals surface area contributed by atoms with Crippen molar-refractivity contribution in [3.63, 3.8) is 0 Å². The number of aromatic nitrogens is 4. The molecule has 4 aromatic rings. The van der Waals surface area contributed by atoms with Crippen molar-refractivity contribution in [2.24, 2.45) is 0 Å². The van der Waals surface area contributed by atoms with Crippen LogP contribution in [0.5, 0.6) is 11.5 Å². The predicted octanol–water partition coefficient (Wildman–Crippen LogP) is 2.17. The average molecular weight is 399 g/mol. The first kappa shape index (κ1) is 16.6. The van der Waals surface area contributed by atoms with E-state index in [4.69, 9.17) is 25.6 Å². The molecule has 0 aliphatic carbocycles. The molecule has 3 heterocycles. The lowest BCUT2D eigenvalue weighted by atomic mass is 10.2. The topological polar surface area (TPSA) is 112 Å². The molecular formula is C18H11ClN4O5. The minimum absolute atomic E-state index is 0.0690. The summed E-state index contributed by atoms with van der Waals surface area (Å²) in [4.78, 5) is 32.1. The van der Waals surface area contributed by atoms with E-state index in [9.17, 15) is 9.59 Å². The highest BCUT2D eigenvalue weighted by molar-refractivity contribution is 6.30. The second-order valence-electron chi connectivity index (χ2n) is 6.09. The molecule has 10 heteroatoms. The highest BCUT2D eigenvalue weighted by Gasteiger charge is 2.19. The first-order valence-electron chi connectivity index (χ1n) is 8.23. The van der Waals surface area contributed by atoms with Crippen molar-refractivity contribution in [2.45, 2.75) is 6.54 Å². The monoisotopic (exact) mass is 398 g/mol. The lowest BCUT2D eigenvalue weighted by Crippen LogP contribution is -2.35. The molecule has 0 unspecified atom stereocenters. The summed E-state index contributed by atoms with van der Waals surface area (Å²) in [5.41, 5.74) is -0.0272. The van der Waals surface area contributed by atoms with E-state index in [-0.39, 0.29) is 19.2 Å². The highest BCUT2D eigenvalue weighted by Crippen LogP contribution is 2.34. The van der Waals surface area contributed by atoms with Gasteiger partial charge in [-0.15, -0.1) is 0 Å². The summed E-state index contributed by atoms with van der Waals surface area (Å²) >= 11 is 5.87. The molecule has 28 heavy (non-hydrogen) atoms. The van der Waals surface area contributed by atoms with Crippen LogP contribution in [0, 0.1) is 0 Å². The van der Waals surface area contributed by atoms with Crippen LogP contribution in [-0.4, -0.2) is 26.5 Å². The lowest BCUT2D eigenvalue weighted by Gasteiger charge is -2.05. The number of hydrogen-bond acceptors (Lipinski definition) is 7. The normalized spacial score (nSPS) is 12.6. The summed E-state index contributed by atoms with van der Waals surface area (Å²) in [7, 11) is 0. The number of ether oxygens (including phenoxy) is 2. The predicted molar refractivity (Wildman–Crippen MR) is 98.8 cm³/mol. The van der Waals surface area contributed by atoms with Crippen LogP contribution in [-0.2, 0) is 6.54 Å². The van der Waals surface area contributed by atoms with Crippen LogP contribution >= 0.6 is 11.6 Å². The molecule has 1 aliphatic heterocycles. The fourth-order valence-corrected chi connectivity index (χ4v) is 3.08. The number of H-pyrrole nitrogens is 1. The van der Waals surface area contributed by atoms with Gasteiger partial charge in [0, 0.05) is 16.7 Å². The molecule has 0 fully saturated rings. The summed E-state index contributed by atoms with van der Waals surface area (Å²) in [6.45, 7) is -0.0985. The van der Waals surface area contributed by atoms with Gasteiger partial charge < -0.3 is 19.0 Å². The van der Waals surface area contributed by atoms with Crippen LogP contribution in [0.15, 0.2) is 50.5 Å². The standard InChI is InChI=1S/C18H11ClN4O5/c19-10-3-1-9(2-4-10)16-21-15(28-22-16)7-23-17(24)11-5-13-14(27-8-26-13)6-12(11)20-18(23)25/h1-6H,7-8H2,(H,20,25). The van der Waals surface area contributed by atoms with Crippen molar-refractivity contribution in [1.82, 2.24) is 19.7 Å². The molecule has 140 valence electrons. The molecule has 2 aromatic carbocycles. The van der Waals surface area contributed by atoms with E-state index < -0.39 is 11.2 Å². The van der Waals surface area contributed by atoms with Gasteiger partial charge in [-0.3, -0.25) is 9.36 Å². The zero-order valence-electron chi connectivity index (χ0n) is 14.1. The van der Waals surface area contributed by atoms with Crippen LogP contribution in [0.25, 0.3) is 22.3 Å². The highest BCUT2D eigenvalue weighted by atomic mass is 35.5. The van der Waals surface area contributed by atoms with Gasteiger partial charge in [0.05, 0.1) is 10.9 Å². The van der Waals surface area contributed by atoms with Crippen LogP contribution in [0.2, 0.25) is 5.02 Å². The zero-order chi connectivity index (χ0) is 19.3.